The standard InChI is InChI=1S/C17H12ClFN2O2S/c18-11-3-1-10(2-4-11)16-21-14(9-24-16)15(22)20(17(21)23)13-7-5-12(19)6-8-13/h1-8,14,16H,9H2/t14-,16+/m0/s1. The number of nitrogens with zero attached hydrogens (tertiary/aromatic N) is 2. The molecule has 7 heteroatoms. The topological polar surface area (TPSA) is 40.6 Å². The number of carbonyl (C=O) groups excluding carboxylic acids is 2. The van der Waals surface area contributed by atoms with Crippen molar-refractivity contribution >= 4 is 41.0 Å². The summed E-state index contributed by atoms with van der Waals surface area (Å²) in [5.41, 5.74) is 1.31. The van der Waals surface area contributed by atoms with Crippen LogP contribution in [0, 0.1) is 5.82 Å². The van der Waals surface area contributed by atoms with Gasteiger partial charge in [-0.3, -0.25) is 9.69 Å². The summed E-state index contributed by atoms with van der Waals surface area (Å²) in [6.07, 6.45) is 0. The van der Waals surface area contributed by atoms with Gasteiger partial charge in [0.15, 0.2) is 0 Å². The Morgan fingerprint density at radius 2 is 1.71 bits per heavy atom. The van der Waals surface area contributed by atoms with Crippen molar-refractivity contribution in [2.75, 3.05) is 10.7 Å². The number of imide groups is 1. The van der Waals surface area contributed by atoms with Gasteiger partial charge in [0.1, 0.15) is 17.2 Å². The summed E-state index contributed by atoms with van der Waals surface area (Å²) < 4.78 is 13.1. The number of benzene rings is 2. The van der Waals surface area contributed by atoms with Crippen molar-refractivity contribution in [3.8, 4) is 0 Å². The van der Waals surface area contributed by atoms with E-state index in [1.807, 2.05) is 12.1 Å². The van der Waals surface area contributed by atoms with E-state index >= 15 is 0 Å². The van der Waals surface area contributed by atoms with E-state index in [9.17, 15) is 14.0 Å². The van der Waals surface area contributed by atoms with Gasteiger partial charge in [-0.2, -0.15) is 0 Å². The maximum atomic E-state index is 13.1. The number of urea groups is 1. The summed E-state index contributed by atoms with van der Waals surface area (Å²) in [5, 5.41) is 0.393. The van der Waals surface area contributed by atoms with Gasteiger partial charge in [-0.05, 0) is 42.0 Å². The van der Waals surface area contributed by atoms with E-state index in [-0.39, 0.29) is 17.3 Å². The number of rotatable bonds is 2. The molecule has 2 fully saturated rings. The average Bonchev–Trinajstić information content (AvgIpc) is 3.11. The zero-order chi connectivity index (χ0) is 16.8. The van der Waals surface area contributed by atoms with Crippen LogP contribution in [0.25, 0.3) is 0 Å². The molecular weight excluding hydrogens is 351 g/mol. The molecule has 2 aliphatic heterocycles. The molecule has 24 heavy (non-hydrogen) atoms. The van der Waals surface area contributed by atoms with Gasteiger partial charge < -0.3 is 0 Å². The second-order valence-electron chi connectivity index (χ2n) is 5.59. The fourth-order valence-corrected chi connectivity index (χ4v) is 4.54. The van der Waals surface area contributed by atoms with Crippen molar-refractivity contribution in [2.45, 2.75) is 11.4 Å². The van der Waals surface area contributed by atoms with E-state index in [1.165, 1.54) is 24.3 Å². The second-order valence-corrected chi connectivity index (χ2v) is 7.14. The Balaban J connectivity index is 1.67. The number of hydrogen-bond donors (Lipinski definition) is 0. The molecule has 0 spiro atoms. The van der Waals surface area contributed by atoms with E-state index in [2.05, 4.69) is 0 Å². The Morgan fingerprint density at radius 1 is 1.04 bits per heavy atom. The van der Waals surface area contributed by atoms with Crippen LogP contribution in [0.5, 0.6) is 0 Å². The number of hydrogen-bond acceptors (Lipinski definition) is 3. The van der Waals surface area contributed by atoms with Crippen LogP contribution in [-0.2, 0) is 4.79 Å². The van der Waals surface area contributed by atoms with Gasteiger partial charge in [-0.25, -0.2) is 14.1 Å². The van der Waals surface area contributed by atoms with Gasteiger partial charge in [0.05, 0.1) is 5.69 Å². The number of halogens is 2. The largest absolute Gasteiger partial charge is 0.333 e. The lowest BCUT2D eigenvalue weighted by molar-refractivity contribution is -0.119. The third kappa shape index (κ3) is 2.37. The number of anilines is 1. The summed E-state index contributed by atoms with van der Waals surface area (Å²) in [4.78, 5) is 28.2. The Bertz CT molecular complexity index is 812. The van der Waals surface area contributed by atoms with Crippen molar-refractivity contribution in [3.05, 3.63) is 64.9 Å². The number of fused-ring (bicyclic) bond motifs is 1. The SMILES string of the molecule is O=C1[C@@H]2CS[C@H](c3ccc(Cl)cc3)N2C(=O)N1c1ccc(F)cc1. The van der Waals surface area contributed by atoms with Gasteiger partial charge in [-0.1, -0.05) is 23.7 Å². The fourth-order valence-electron chi connectivity index (χ4n) is 3.00. The van der Waals surface area contributed by atoms with Crippen LogP contribution < -0.4 is 4.90 Å². The van der Waals surface area contributed by atoms with Crippen molar-refractivity contribution in [1.82, 2.24) is 4.90 Å². The molecule has 2 saturated heterocycles. The first-order valence-electron chi connectivity index (χ1n) is 7.35. The third-order valence-corrected chi connectivity index (χ3v) is 5.73. The monoisotopic (exact) mass is 362 g/mol. The Hall–Kier alpha value is -2.05. The Kier molecular flexibility index (Phi) is 3.73. The molecule has 122 valence electrons. The molecule has 2 aromatic carbocycles. The Labute approximate surface area is 147 Å². The number of carbonyl (C=O) groups is 2. The number of amides is 3. The minimum atomic E-state index is -0.492. The van der Waals surface area contributed by atoms with Crippen LogP contribution in [0.1, 0.15) is 10.9 Å². The molecule has 0 saturated carbocycles. The van der Waals surface area contributed by atoms with Crippen LogP contribution in [0.4, 0.5) is 14.9 Å². The van der Waals surface area contributed by atoms with Gasteiger partial charge in [0.2, 0.25) is 0 Å². The normalized spacial score (nSPS) is 23.1. The highest BCUT2D eigenvalue weighted by Crippen LogP contribution is 2.46. The Morgan fingerprint density at radius 3 is 2.38 bits per heavy atom. The molecule has 0 aromatic heterocycles. The van der Waals surface area contributed by atoms with Gasteiger partial charge in [0.25, 0.3) is 5.91 Å². The van der Waals surface area contributed by atoms with E-state index in [0.29, 0.717) is 16.5 Å². The van der Waals surface area contributed by atoms with E-state index in [0.717, 1.165) is 10.5 Å². The van der Waals surface area contributed by atoms with Crippen molar-refractivity contribution < 1.29 is 14.0 Å². The molecule has 4 nitrogen and oxygen atoms in total. The molecule has 4 rings (SSSR count). The maximum absolute atomic E-state index is 13.1. The molecule has 0 bridgehead atoms. The first kappa shape index (κ1) is 15.5. The zero-order valence-electron chi connectivity index (χ0n) is 12.4. The summed E-state index contributed by atoms with van der Waals surface area (Å²) in [7, 11) is 0. The first-order valence-corrected chi connectivity index (χ1v) is 8.78. The molecular formula is C17H12ClFN2O2S. The van der Waals surface area contributed by atoms with Gasteiger partial charge >= 0.3 is 6.03 Å². The minimum absolute atomic E-state index is 0.228. The first-order chi connectivity index (χ1) is 11.6. The molecule has 2 aromatic rings. The van der Waals surface area contributed by atoms with Gasteiger partial charge in [-0.15, -0.1) is 11.8 Å². The molecule has 0 N–H and O–H groups in total. The molecule has 0 radical (unpaired) electrons. The lowest BCUT2D eigenvalue weighted by Crippen LogP contribution is -2.33. The van der Waals surface area contributed by atoms with Crippen LogP contribution >= 0.6 is 23.4 Å². The summed E-state index contributed by atoms with van der Waals surface area (Å²) in [5.74, 6) is -0.140. The van der Waals surface area contributed by atoms with Crippen molar-refractivity contribution in [1.29, 1.82) is 0 Å². The van der Waals surface area contributed by atoms with Crippen molar-refractivity contribution in [3.63, 3.8) is 0 Å². The van der Waals surface area contributed by atoms with E-state index in [1.54, 1.807) is 28.8 Å². The smallest absolute Gasteiger partial charge is 0.295 e. The third-order valence-electron chi connectivity index (χ3n) is 4.16. The quantitative estimate of drug-likeness (QED) is 0.756. The lowest BCUT2D eigenvalue weighted by Gasteiger charge is -2.23. The van der Waals surface area contributed by atoms with Gasteiger partial charge in [0, 0.05) is 10.8 Å². The predicted molar refractivity (Wildman–Crippen MR) is 91.6 cm³/mol. The highest BCUT2D eigenvalue weighted by molar-refractivity contribution is 7.99. The predicted octanol–water partition coefficient (Wildman–Crippen LogP) is 4.06. The minimum Gasteiger partial charge on any atom is -0.295 e. The fraction of sp³-hybridized carbons (Fsp3) is 0.176. The summed E-state index contributed by atoms with van der Waals surface area (Å²) in [6, 6.07) is 11.8. The summed E-state index contributed by atoms with van der Waals surface area (Å²) >= 11 is 7.47. The second kappa shape index (κ2) is 5.79. The maximum Gasteiger partial charge on any atom is 0.333 e. The van der Waals surface area contributed by atoms with E-state index < -0.39 is 11.9 Å². The van der Waals surface area contributed by atoms with Crippen LogP contribution in [-0.4, -0.2) is 28.6 Å². The highest BCUT2D eigenvalue weighted by atomic mass is 35.5. The van der Waals surface area contributed by atoms with Crippen LogP contribution in [0.2, 0.25) is 5.02 Å². The summed E-state index contributed by atoms with van der Waals surface area (Å²) in [6.45, 7) is 0. The lowest BCUT2D eigenvalue weighted by atomic mass is 10.2. The molecule has 2 aliphatic rings. The average molecular weight is 363 g/mol. The van der Waals surface area contributed by atoms with Crippen LogP contribution in [0.3, 0.4) is 0 Å². The van der Waals surface area contributed by atoms with Crippen molar-refractivity contribution in [2.24, 2.45) is 0 Å². The highest BCUT2D eigenvalue weighted by Gasteiger charge is 2.53. The van der Waals surface area contributed by atoms with E-state index in [4.69, 9.17) is 11.6 Å². The molecule has 0 aliphatic carbocycles. The molecule has 2 atom stereocenters. The van der Waals surface area contributed by atoms with Crippen LogP contribution in [0.15, 0.2) is 48.5 Å². The number of thioether (sulfide) groups is 1. The zero-order valence-corrected chi connectivity index (χ0v) is 13.9. The molecule has 0 unspecified atom stereocenters. The molecule has 2 heterocycles. The molecule has 3 amide bonds.